The summed E-state index contributed by atoms with van der Waals surface area (Å²) in [6, 6.07) is 4.41. The number of alkyl halides is 3. The minimum absolute atomic E-state index is 0.0702. The van der Waals surface area contributed by atoms with Crippen LogP contribution in [0.5, 0.6) is 5.75 Å². The minimum atomic E-state index is -4.82. The number of carbonyl (C=O) groups is 1. The molecule has 0 heterocycles. The first-order valence-electron chi connectivity index (χ1n) is 5.57. The first kappa shape index (κ1) is 15.3. The summed E-state index contributed by atoms with van der Waals surface area (Å²) in [5.74, 6) is -1.09. The Bertz CT molecular complexity index is 434. The van der Waals surface area contributed by atoms with Crippen LogP contribution in [-0.4, -0.2) is 26.0 Å². The van der Waals surface area contributed by atoms with E-state index in [2.05, 4.69) is 10.1 Å². The Balaban J connectivity index is 3.06. The molecule has 1 rings (SSSR count). The van der Waals surface area contributed by atoms with Gasteiger partial charge in [-0.15, -0.1) is 13.2 Å². The number of carbonyl (C=O) groups excluding carboxylic acids is 1. The second-order valence-corrected chi connectivity index (χ2v) is 3.56. The molecule has 0 spiro atoms. The van der Waals surface area contributed by atoms with E-state index in [0.717, 1.165) is 6.07 Å². The molecule has 1 atom stereocenters. The Morgan fingerprint density at radius 3 is 2.53 bits per heavy atom. The maximum Gasteiger partial charge on any atom is 0.573 e. The van der Waals surface area contributed by atoms with Crippen molar-refractivity contribution < 1.29 is 27.4 Å². The van der Waals surface area contributed by atoms with Crippen molar-refractivity contribution in [2.45, 2.75) is 19.3 Å². The molecule has 0 aromatic heterocycles. The molecular formula is C12H14F3NO3. The van der Waals surface area contributed by atoms with Gasteiger partial charge < -0.3 is 14.8 Å². The zero-order valence-corrected chi connectivity index (χ0v) is 10.5. The minimum Gasteiger partial charge on any atom is -0.465 e. The van der Waals surface area contributed by atoms with Crippen LogP contribution in [-0.2, 0) is 9.53 Å². The number of benzene rings is 1. The van der Waals surface area contributed by atoms with Gasteiger partial charge in [0.1, 0.15) is 11.8 Å². The van der Waals surface area contributed by atoms with E-state index in [0.29, 0.717) is 0 Å². The van der Waals surface area contributed by atoms with Crippen molar-refractivity contribution in [1.29, 1.82) is 0 Å². The Morgan fingerprint density at radius 1 is 1.37 bits per heavy atom. The van der Waals surface area contributed by atoms with Gasteiger partial charge in [-0.1, -0.05) is 18.2 Å². The number of likely N-dealkylation sites (N-methyl/N-ethyl adjacent to an activating group) is 1. The highest BCUT2D eigenvalue weighted by Gasteiger charge is 2.34. The molecule has 0 fully saturated rings. The largest absolute Gasteiger partial charge is 0.573 e. The van der Waals surface area contributed by atoms with Crippen LogP contribution in [0.4, 0.5) is 13.2 Å². The predicted molar refractivity (Wildman–Crippen MR) is 61.6 cm³/mol. The molecule has 1 N–H and O–H groups in total. The van der Waals surface area contributed by atoms with Crippen LogP contribution >= 0.6 is 0 Å². The molecule has 0 aliphatic carbocycles. The first-order valence-corrected chi connectivity index (χ1v) is 5.57. The lowest BCUT2D eigenvalue weighted by atomic mass is 10.1. The highest BCUT2D eigenvalue weighted by Crippen LogP contribution is 2.30. The summed E-state index contributed by atoms with van der Waals surface area (Å²) in [6.45, 7) is 1.75. The summed E-state index contributed by atoms with van der Waals surface area (Å²) in [5, 5.41) is 2.61. The van der Waals surface area contributed by atoms with Crippen molar-refractivity contribution in [3.63, 3.8) is 0 Å². The normalized spacial score (nSPS) is 12.9. The molecular weight excluding hydrogens is 263 g/mol. The van der Waals surface area contributed by atoms with Gasteiger partial charge in [-0.2, -0.15) is 0 Å². The van der Waals surface area contributed by atoms with E-state index in [4.69, 9.17) is 4.74 Å². The Hall–Kier alpha value is -1.76. The number of esters is 1. The molecule has 0 aliphatic heterocycles. The molecule has 0 amide bonds. The maximum absolute atomic E-state index is 12.3. The van der Waals surface area contributed by atoms with Gasteiger partial charge in [0.2, 0.25) is 0 Å². The Morgan fingerprint density at radius 2 is 2.00 bits per heavy atom. The van der Waals surface area contributed by atoms with Crippen LogP contribution in [0.15, 0.2) is 24.3 Å². The third-order valence-corrected chi connectivity index (χ3v) is 2.27. The van der Waals surface area contributed by atoms with Crippen LogP contribution in [0.1, 0.15) is 18.5 Å². The number of halogens is 3. The lowest BCUT2D eigenvalue weighted by Crippen LogP contribution is -2.29. The maximum atomic E-state index is 12.3. The smallest absolute Gasteiger partial charge is 0.465 e. The number of ether oxygens (including phenoxy) is 2. The zero-order chi connectivity index (χ0) is 14.5. The van der Waals surface area contributed by atoms with E-state index < -0.39 is 24.1 Å². The topological polar surface area (TPSA) is 47.6 Å². The van der Waals surface area contributed by atoms with Crippen molar-refractivity contribution in [2.75, 3.05) is 13.7 Å². The summed E-state index contributed by atoms with van der Waals surface area (Å²) in [7, 11) is 1.45. The summed E-state index contributed by atoms with van der Waals surface area (Å²) in [4.78, 5) is 11.7. The highest BCUT2D eigenvalue weighted by molar-refractivity contribution is 5.78. The Kier molecular flexibility index (Phi) is 5.17. The van der Waals surface area contributed by atoms with E-state index >= 15 is 0 Å². The van der Waals surface area contributed by atoms with Gasteiger partial charge in [-0.3, -0.25) is 0 Å². The molecule has 0 bridgehead atoms. The molecule has 0 saturated carbocycles. The number of hydrogen-bond acceptors (Lipinski definition) is 4. The third-order valence-electron chi connectivity index (χ3n) is 2.27. The SMILES string of the molecule is CCOC(=O)C(NC)c1ccccc1OC(F)(F)F. The average Bonchev–Trinajstić information content (AvgIpc) is 2.30. The van der Waals surface area contributed by atoms with Crippen LogP contribution in [0, 0.1) is 0 Å². The fraction of sp³-hybridized carbons (Fsp3) is 0.417. The number of nitrogens with one attached hydrogen (secondary N) is 1. The van der Waals surface area contributed by atoms with E-state index in [-0.39, 0.29) is 12.2 Å². The van der Waals surface area contributed by atoms with Crippen LogP contribution in [0.25, 0.3) is 0 Å². The average molecular weight is 277 g/mol. The molecule has 19 heavy (non-hydrogen) atoms. The zero-order valence-electron chi connectivity index (χ0n) is 10.5. The molecule has 0 radical (unpaired) electrons. The quantitative estimate of drug-likeness (QED) is 0.840. The van der Waals surface area contributed by atoms with E-state index in [1.54, 1.807) is 6.92 Å². The number of para-hydroxylation sites is 1. The monoisotopic (exact) mass is 277 g/mol. The molecule has 1 unspecified atom stereocenters. The first-order chi connectivity index (χ1) is 8.89. The standard InChI is InChI=1S/C12H14F3NO3/c1-3-18-11(17)10(16-2)8-6-4-5-7-9(8)19-12(13,14)15/h4-7,10,16H,3H2,1-2H3. The van der Waals surface area contributed by atoms with E-state index in [1.807, 2.05) is 0 Å². The van der Waals surface area contributed by atoms with Crippen molar-refractivity contribution >= 4 is 5.97 Å². The van der Waals surface area contributed by atoms with Gasteiger partial charge in [0.05, 0.1) is 6.61 Å². The molecule has 0 saturated heterocycles. The van der Waals surface area contributed by atoms with E-state index in [1.165, 1.54) is 25.2 Å². The third kappa shape index (κ3) is 4.44. The molecule has 7 heteroatoms. The summed E-state index contributed by atoms with van der Waals surface area (Å²) in [6.07, 6.45) is -4.82. The van der Waals surface area contributed by atoms with Crippen molar-refractivity contribution in [2.24, 2.45) is 0 Å². The molecule has 106 valence electrons. The lowest BCUT2D eigenvalue weighted by Gasteiger charge is -2.19. The van der Waals surface area contributed by atoms with Crippen molar-refractivity contribution in [3.8, 4) is 5.75 Å². The number of hydrogen-bond donors (Lipinski definition) is 1. The lowest BCUT2D eigenvalue weighted by molar-refractivity contribution is -0.275. The summed E-state index contributed by atoms with van der Waals surface area (Å²) in [5.41, 5.74) is 0.0702. The molecule has 0 aliphatic rings. The van der Waals surface area contributed by atoms with Crippen LogP contribution in [0.2, 0.25) is 0 Å². The van der Waals surface area contributed by atoms with E-state index in [9.17, 15) is 18.0 Å². The molecule has 1 aromatic carbocycles. The van der Waals surface area contributed by atoms with Gasteiger partial charge in [0, 0.05) is 5.56 Å². The second kappa shape index (κ2) is 6.42. The predicted octanol–water partition coefficient (Wildman–Crippen LogP) is 2.41. The van der Waals surface area contributed by atoms with Crippen molar-refractivity contribution in [3.05, 3.63) is 29.8 Å². The highest BCUT2D eigenvalue weighted by atomic mass is 19.4. The van der Waals surface area contributed by atoms with Crippen LogP contribution in [0.3, 0.4) is 0 Å². The summed E-state index contributed by atoms with van der Waals surface area (Å²) < 4.78 is 45.5. The molecule has 1 aromatic rings. The fourth-order valence-electron chi connectivity index (χ4n) is 1.56. The van der Waals surface area contributed by atoms with Gasteiger partial charge in [0.25, 0.3) is 0 Å². The van der Waals surface area contributed by atoms with Crippen LogP contribution < -0.4 is 10.1 Å². The number of rotatable bonds is 5. The van der Waals surface area contributed by atoms with Gasteiger partial charge in [-0.25, -0.2) is 4.79 Å². The molecule has 4 nitrogen and oxygen atoms in total. The van der Waals surface area contributed by atoms with Gasteiger partial charge >= 0.3 is 12.3 Å². The second-order valence-electron chi connectivity index (χ2n) is 3.56. The summed E-state index contributed by atoms with van der Waals surface area (Å²) >= 11 is 0. The Labute approximate surface area is 108 Å². The van der Waals surface area contributed by atoms with Gasteiger partial charge in [-0.05, 0) is 20.0 Å². The van der Waals surface area contributed by atoms with Crippen molar-refractivity contribution in [1.82, 2.24) is 5.32 Å². The van der Waals surface area contributed by atoms with Gasteiger partial charge in [0.15, 0.2) is 0 Å². The fourth-order valence-corrected chi connectivity index (χ4v) is 1.56.